The van der Waals surface area contributed by atoms with Crippen LogP contribution in [0.15, 0.2) is 33.7 Å². The van der Waals surface area contributed by atoms with Gasteiger partial charge in [-0.05, 0) is 24.5 Å². The van der Waals surface area contributed by atoms with Crippen molar-refractivity contribution in [3.05, 3.63) is 30.0 Å². The number of hydrogen-bond donors (Lipinski definition) is 2. The van der Waals surface area contributed by atoms with Crippen molar-refractivity contribution in [2.24, 2.45) is 0 Å². The van der Waals surface area contributed by atoms with Gasteiger partial charge in [-0.15, -0.1) is 11.8 Å². The molecule has 5 nitrogen and oxygen atoms in total. The van der Waals surface area contributed by atoms with Gasteiger partial charge in [-0.3, -0.25) is 0 Å². The summed E-state index contributed by atoms with van der Waals surface area (Å²) in [5.41, 5.74) is 0.233. The largest absolute Gasteiger partial charge is 0.507 e. The Bertz CT molecular complexity index is 564. The summed E-state index contributed by atoms with van der Waals surface area (Å²) >= 11 is 1.50. The predicted octanol–water partition coefficient (Wildman–Crippen LogP) is 2.47. The van der Waals surface area contributed by atoms with E-state index < -0.39 is 5.97 Å². The quantitative estimate of drug-likeness (QED) is 0.815. The number of carboxylic acid groups (broad SMARTS) is 1. The van der Waals surface area contributed by atoms with Crippen molar-refractivity contribution in [3.8, 4) is 17.1 Å². The Morgan fingerprint density at radius 1 is 1.41 bits per heavy atom. The van der Waals surface area contributed by atoms with Crippen LogP contribution in [0.5, 0.6) is 5.75 Å². The van der Waals surface area contributed by atoms with E-state index in [0.29, 0.717) is 5.56 Å². The van der Waals surface area contributed by atoms with Gasteiger partial charge in [-0.1, -0.05) is 5.16 Å². The Labute approximate surface area is 101 Å². The molecule has 1 heterocycles. The van der Waals surface area contributed by atoms with E-state index in [0.717, 1.165) is 4.90 Å². The molecule has 0 unspecified atom stereocenters. The summed E-state index contributed by atoms with van der Waals surface area (Å²) < 4.78 is 4.87. The minimum absolute atomic E-state index is 0.0324. The van der Waals surface area contributed by atoms with E-state index in [1.807, 2.05) is 12.3 Å². The summed E-state index contributed by atoms with van der Waals surface area (Å²) in [6.07, 6.45) is 1.89. The van der Waals surface area contributed by atoms with Gasteiger partial charge in [0.1, 0.15) is 5.75 Å². The number of thioether (sulfide) groups is 1. The van der Waals surface area contributed by atoms with Crippen LogP contribution >= 0.6 is 11.8 Å². The van der Waals surface area contributed by atoms with E-state index in [2.05, 4.69) is 5.16 Å². The van der Waals surface area contributed by atoms with E-state index in [-0.39, 0.29) is 17.2 Å². The molecular weight excluding hydrogens is 242 g/mol. The second-order valence-electron chi connectivity index (χ2n) is 3.26. The number of phenols is 1. The normalized spacial score (nSPS) is 10.4. The van der Waals surface area contributed by atoms with E-state index in [1.165, 1.54) is 17.8 Å². The van der Waals surface area contributed by atoms with Crippen LogP contribution in [0.1, 0.15) is 10.5 Å². The average Bonchev–Trinajstić information content (AvgIpc) is 2.78. The monoisotopic (exact) mass is 251 g/mol. The summed E-state index contributed by atoms with van der Waals surface area (Å²) in [4.78, 5) is 11.5. The van der Waals surface area contributed by atoms with Crippen LogP contribution in [0, 0.1) is 0 Å². The van der Waals surface area contributed by atoms with Gasteiger partial charge in [0.2, 0.25) is 0 Å². The molecule has 0 aliphatic rings. The lowest BCUT2D eigenvalue weighted by Gasteiger charge is -2.02. The minimum Gasteiger partial charge on any atom is -0.507 e. The second kappa shape index (κ2) is 4.50. The third-order valence-corrected chi connectivity index (χ3v) is 2.92. The standard InChI is InChI=1S/C11H9NO4S/c1-17-6-2-3-7(9(13)4-6)10-5-8(11(14)15)12-16-10/h2-5,13H,1H3,(H,14,15). The molecular formula is C11H9NO4S. The fourth-order valence-corrected chi connectivity index (χ4v) is 1.78. The number of rotatable bonds is 3. The smallest absolute Gasteiger partial charge is 0.358 e. The molecule has 17 heavy (non-hydrogen) atoms. The molecule has 6 heteroatoms. The molecule has 2 aromatic rings. The summed E-state index contributed by atoms with van der Waals surface area (Å²) in [5.74, 6) is -0.905. The van der Waals surface area contributed by atoms with Gasteiger partial charge in [0, 0.05) is 11.0 Å². The number of carboxylic acids is 1. The van der Waals surface area contributed by atoms with Gasteiger partial charge in [0.15, 0.2) is 11.5 Å². The maximum Gasteiger partial charge on any atom is 0.358 e. The van der Waals surface area contributed by atoms with E-state index in [9.17, 15) is 9.90 Å². The SMILES string of the molecule is CSc1ccc(-c2cc(C(=O)O)no2)c(O)c1. The third-order valence-electron chi connectivity index (χ3n) is 2.20. The number of aromatic nitrogens is 1. The van der Waals surface area contributed by atoms with Crippen molar-refractivity contribution in [1.82, 2.24) is 5.16 Å². The van der Waals surface area contributed by atoms with E-state index in [1.54, 1.807) is 12.1 Å². The van der Waals surface area contributed by atoms with Crippen molar-refractivity contribution in [3.63, 3.8) is 0 Å². The first-order valence-electron chi connectivity index (χ1n) is 4.69. The molecule has 1 aromatic heterocycles. The number of aromatic carboxylic acids is 1. The molecule has 0 spiro atoms. The summed E-state index contributed by atoms with van der Waals surface area (Å²) in [6, 6.07) is 6.33. The molecule has 0 aliphatic heterocycles. The fourth-order valence-electron chi connectivity index (χ4n) is 1.35. The Morgan fingerprint density at radius 2 is 2.18 bits per heavy atom. The molecule has 0 saturated carbocycles. The first-order valence-corrected chi connectivity index (χ1v) is 5.91. The number of aromatic hydroxyl groups is 1. The van der Waals surface area contributed by atoms with Crippen LogP contribution in [0.25, 0.3) is 11.3 Å². The van der Waals surface area contributed by atoms with Crippen LogP contribution in [0.2, 0.25) is 0 Å². The first kappa shape index (κ1) is 11.5. The Hall–Kier alpha value is -1.95. The maximum absolute atomic E-state index is 10.6. The fraction of sp³-hybridized carbons (Fsp3) is 0.0909. The van der Waals surface area contributed by atoms with Gasteiger partial charge in [-0.2, -0.15) is 0 Å². The zero-order chi connectivity index (χ0) is 12.4. The summed E-state index contributed by atoms with van der Waals surface area (Å²) in [5, 5.41) is 21.9. The van der Waals surface area contributed by atoms with Gasteiger partial charge in [0.25, 0.3) is 0 Å². The molecule has 88 valence electrons. The van der Waals surface area contributed by atoms with Crippen molar-refractivity contribution < 1.29 is 19.5 Å². The second-order valence-corrected chi connectivity index (χ2v) is 4.14. The van der Waals surface area contributed by atoms with Crippen molar-refractivity contribution in [2.75, 3.05) is 6.26 Å². The Morgan fingerprint density at radius 3 is 2.71 bits per heavy atom. The van der Waals surface area contributed by atoms with Crippen LogP contribution in [-0.2, 0) is 0 Å². The lowest BCUT2D eigenvalue weighted by Crippen LogP contribution is -1.94. The van der Waals surface area contributed by atoms with Gasteiger partial charge < -0.3 is 14.7 Å². The van der Waals surface area contributed by atoms with Gasteiger partial charge in [-0.25, -0.2) is 4.79 Å². The highest BCUT2D eigenvalue weighted by Gasteiger charge is 2.14. The van der Waals surface area contributed by atoms with E-state index in [4.69, 9.17) is 9.63 Å². The molecule has 2 N–H and O–H groups in total. The molecule has 0 fully saturated rings. The predicted molar refractivity (Wildman–Crippen MR) is 62.3 cm³/mol. The molecule has 1 aromatic carbocycles. The number of hydrogen-bond acceptors (Lipinski definition) is 5. The topological polar surface area (TPSA) is 83.6 Å². The molecule has 0 atom stereocenters. The Kier molecular flexibility index (Phi) is 3.06. The van der Waals surface area contributed by atoms with Crippen molar-refractivity contribution in [1.29, 1.82) is 0 Å². The van der Waals surface area contributed by atoms with Gasteiger partial charge >= 0.3 is 5.97 Å². The number of phenolic OH excluding ortho intramolecular Hbond substituents is 1. The van der Waals surface area contributed by atoms with E-state index >= 15 is 0 Å². The highest BCUT2D eigenvalue weighted by atomic mass is 32.2. The number of nitrogens with zero attached hydrogens (tertiary/aromatic N) is 1. The molecule has 0 bridgehead atoms. The van der Waals surface area contributed by atoms with Crippen molar-refractivity contribution in [2.45, 2.75) is 4.90 Å². The highest BCUT2D eigenvalue weighted by Crippen LogP contribution is 2.32. The van der Waals surface area contributed by atoms with Crippen LogP contribution in [0.3, 0.4) is 0 Å². The molecule has 0 aliphatic carbocycles. The minimum atomic E-state index is -1.17. The first-order chi connectivity index (χ1) is 8.11. The van der Waals surface area contributed by atoms with Crippen LogP contribution in [0.4, 0.5) is 0 Å². The average molecular weight is 251 g/mol. The van der Waals surface area contributed by atoms with Crippen molar-refractivity contribution >= 4 is 17.7 Å². The molecule has 2 rings (SSSR count). The lowest BCUT2D eigenvalue weighted by molar-refractivity contribution is 0.0686. The number of benzene rings is 1. The molecule has 0 radical (unpaired) electrons. The summed E-state index contributed by atoms with van der Waals surface area (Å²) in [7, 11) is 0. The zero-order valence-electron chi connectivity index (χ0n) is 8.88. The molecule has 0 amide bonds. The third kappa shape index (κ3) is 2.26. The van der Waals surface area contributed by atoms with Gasteiger partial charge in [0.05, 0.1) is 5.56 Å². The lowest BCUT2D eigenvalue weighted by atomic mass is 10.1. The number of carbonyl (C=O) groups is 1. The summed E-state index contributed by atoms with van der Waals surface area (Å²) in [6.45, 7) is 0. The van der Waals surface area contributed by atoms with Crippen LogP contribution < -0.4 is 0 Å². The highest BCUT2D eigenvalue weighted by molar-refractivity contribution is 7.98. The maximum atomic E-state index is 10.6. The van der Waals surface area contributed by atoms with Crippen LogP contribution in [-0.4, -0.2) is 27.6 Å². The zero-order valence-corrected chi connectivity index (χ0v) is 9.69. The Balaban J connectivity index is 2.42. The molecule has 0 saturated heterocycles.